The number of fused-ring (bicyclic) bond motifs is 2. The first-order chi connectivity index (χ1) is 16.9. The highest BCUT2D eigenvalue weighted by Crippen LogP contribution is 2.40. The van der Waals surface area contributed by atoms with E-state index in [1.165, 1.54) is 12.1 Å². The minimum Gasteiger partial charge on any atom is -0.486 e. The van der Waals surface area contributed by atoms with Gasteiger partial charge in [0.15, 0.2) is 11.5 Å². The molecule has 35 heavy (non-hydrogen) atoms. The summed E-state index contributed by atoms with van der Waals surface area (Å²) in [5.41, 5.74) is 4.04. The van der Waals surface area contributed by atoms with Gasteiger partial charge in [0.1, 0.15) is 19.1 Å². The highest BCUT2D eigenvalue weighted by molar-refractivity contribution is 6.24. The van der Waals surface area contributed by atoms with Gasteiger partial charge in [-0.3, -0.25) is 19.9 Å². The monoisotopic (exact) mass is 472 g/mol. The Hall–Kier alpha value is -4.24. The summed E-state index contributed by atoms with van der Waals surface area (Å²) < 4.78 is 11.4. The number of anilines is 1. The van der Waals surface area contributed by atoms with E-state index < -0.39 is 10.8 Å². The van der Waals surface area contributed by atoms with Crippen LogP contribution >= 0.6 is 0 Å². The van der Waals surface area contributed by atoms with Gasteiger partial charge in [0.05, 0.1) is 22.0 Å². The third kappa shape index (κ3) is 4.58. The number of nitro benzene ring substituents is 1. The molecule has 1 unspecified atom stereocenters. The number of nitrogens with zero attached hydrogens (tertiary/aromatic N) is 3. The third-order valence-electron chi connectivity index (χ3n) is 5.87. The molecule has 0 aliphatic carbocycles. The molecule has 1 amide bonds. The molecule has 0 saturated carbocycles. The van der Waals surface area contributed by atoms with Crippen LogP contribution in [0.25, 0.3) is 0 Å². The Morgan fingerprint density at radius 1 is 1.06 bits per heavy atom. The number of nitrogens with one attached hydrogen (secondary N) is 1. The third-order valence-corrected chi connectivity index (χ3v) is 5.87. The van der Waals surface area contributed by atoms with Crippen molar-refractivity contribution >= 4 is 28.7 Å². The fraction of sp³-hybridized carbons (Fsp3) is 0.231. The predicted molar refractivity (Wildman–Crippen MR) is 132 cm³/mol. The van der Waals surface area contributed by atoms with Crippen LogP contribution in [0.5, 0.6) is 11.5 Å². The van der Waals surface area contributed by atoms with Crippen molar-refractivity contribution < 1.29 is 19.2 Å². The summed E-state index contributed by atoms with van der Waals surface area (Å²) in [4.78, 5) is 30.9. The standard InChI is InChI=1S/C26H24N4O5/c1-29(2)15-16-3-6-18(7-4-16)27-25(17-5-10-22-23(13-17)35-12-11-34-22)24-20-9-8-19(30(32)33)14-21(20)28-26(24)31/h3-10,13-14,24H,11-12,15H2,1-2H3,(H,28,31). The van der Waals surface area contributed by atoms with E-state index in [0.717, 1.165) is 12.1 Å². The maximum Gasteiger partial charge on any atom is 0.271 e. The number of aliphatic imine (C=N–C) groups is 1. The second-order valence-electron chi connectivity index (χ2n) is 8.71. The SMILES string of the molecule is CN(C)Cc1ccc(N=C(c2ccc3c(c2)OCCO3)C2C(=O)Nc3cc([N+](=O)[O-])ccc32)cc1. The lowest BCUT2D eigenvalue weighted by molar-refractivity contribution is -0.384. The van der Waals surface area contributed by atoms with Crippen molar-refractivity contribution in [3.05, 3.63) is 87.5 Å². The zero-order valence-electron chi connectivity index (χ0n) is 19.4. The minimum absolute atomic E-state index is 0.0843. The topological polar surface area (TPSA) is 106 Å². The maximum atomic E-state index is 13.2. The second kappa shape index (κ2) is 9.19. The Balaban J connectivity index is 1.60. The Morgan fingerprint density at radius 2 is 1.80 bits per heavy atom. The van der Waals surface area contributed by atoms with E-state index in [1.807, 2.05) is 56.6 Å². The van der Waals surface area contributed by atoms with Crippen LogP contribution < -0.4 is 14.8 Å². The van der Waals surface area contributed by atoms with E-state index in [1.54, 1.807) is 6.07 Å². The van der Waals surface area contributed by atoms with Gasteiger partial charge in [-0.1, -0.05) is 12.1 Å². The van der Waals surface area contributed by atoms with Gasteiger partial charge in [0.25, 0.3) is 5.69 Å². The molecule has 1 N–H and O–H groups in total. The molecule has 3 aromatic rings. The molecule has 0 aromatic heterocycles. The van der Waals surface area contributed by atoms with E-state index in [4.69, 9.17) is 14.5 Å². The largest absolute Gasteiger partial charge is 0.486 e. The molecule has 5 rings (SSSR count). The van der Waals surface area contributed by atoms with Crippen molar-refractivity contribution in [1.82, 2.24) is 4.90 Å². The highest BCUT2D eigenvalue weighted by atomic mass is 16.6. The fourth-order valence-corrected chi connectivity index (χ4v) is 4.31. The molecule has 0 radical (unpaired) electrons. The van der Waals surface area contributed by atoms with Crippen LogP contribution in [-0.4, -0.2) is 48.8 Å². The number of benzene rings is 3. The number of hydrogen-bond acceptors (Lipinski definition) is 7. The van der Waals surface area contributed by atoms with Crippen LogP contribution in [0.2, 0.25) is 0 Å². The lowest BCUT2D eigenvalue weighted by Crippen LogP contribution is -2.22. The number of ether oxygens (including phenoxy) is 2. The van der Waals surface area contributed by atoms with Crippen molar-refractivity contribution in [2.24, 2.45) is 4.99 Å². The molecule has 3 aromatic carbocycles. The number of carbonyl (C=O) groups excluding carboxylic acids is 1. The molecule has 0 bridgehead atoms. The summed E-state index contributed by atoms with van der Waals surface area (Å²) in [6, 6.07) is 17.7. The van der Waals surface area contributed by atoms with Gasteiger partial charge in [-0.25, -0.2) is 0 Å². The number of hydrogen-bond donors (Lipinski definition) is 1. The van der Waals surface area contributed by atoms with Crippen LogP contribution in [0.4, 0.5) is 17.1 Å². The van der Waals surface area contributed by atoms with Crippen LogP contribution in [0.15, 0.2) is 65.7 Å². The first-order valence-corrected chi connectivity index (χ1v) is 11.2. The first-order valence-electron chi connectivity index (χ1n) is 11.2. The van der Waals surface area contributed by atoms with Crippen molar-refractivity contribution in [2.45, 2.75) is 12.5 Å². The lowest BCUT2D eigenvalue weighted by Gasteiger charge is -2.20. The Labute approximate surface area is 202 Å². The van der Waals surface area contributed by atoms with Gasteiger partial charge in [0, 0.05) is 24.2 Å². The zero-order valence-corrected chi connectivity index (χ0v) is 19.4. The van der Waals surface area contributed by atoms with Crippen LogP contribution in [-0.2, 0) is 11.3 Å². The normalized spacial score (nSPS) is 16.7. The number of rotatable bonds is 6. The average molecular weight is 473 g/mol. The molecule has 178 valence electrons. The van der Waals surface area contributed by atoms with Gasteiger partial charge in [-0.15, -0.1) is 0 Å². The second-order valence-corrected chi connectivity index (χ2v) is 8.71. The van der Waals surface area contributed by atoms with Crippen molar-refractivity contribution in [3.63, 3.8) is 0 Å². The predicted octanol–water partition coefficient (Wildman–Crippen LogP) is 4.28. The van der Waals surface area contributed by atoms with E-state index in [-0.39, 0.29) is 11.6 Å². The van der Waals surface area contributed by atoms with E-state index >= 15 is 0 Å². The molecule has 9 heteroatoms. The molecular weight excluding hydrogens is 448 g/mol. The Kier molecular flexibility index (Phi) is 5.92. The van der Waals surface area contributed by atoms with Crippen LogP contribution in [0, 0.1) is 10.1 Å². The highest BCUT2D eigenvalue weighted by Gasteiger charge is 2.36. The first kappa shape index (κ1) is 22.5. The zero-order chi connectivity index (χ0) is 24.5. The van der Waals surface area contributed by atoms with Crippen molar-refractivity contribution in [1.29, 1.82) is 0 Å². The van der Waals surface area contributed by atoms with Crippen LogP contribution in [0.1, 0.15) is 22.6 Å². The summed E-state index contributed by atoms with van der Waals surface area (Å²) in [6.45, 7) is 1.71. The number of amides is 1. The number of nitro groups is 1. The quantitative estimate of drug-likeness (QED) is 0.326. The number of non-ortho nitro benzene ring substituents is 1. The maximum absolute atomic E-state index is 13.2. The van der Waals surface area contributed by atoms with E-state index in [0.29, 0.717) is 52.9 Å². The van der Waals surface area contributed by atoms with Gasteiger partial charge in [-0.05, 0) is 61.6 Å². The molecule has 1 atom stereocenters. The smallest absolute Gasteiger partial charge is 0.271 e. The molecule has 2 aliphatic rings. The Morgan fingerprint density at radius 3 is 2.51 bits per heavy atom. The lowest BCUT2D eigenvalue weighted by atomic mass is 9.90. The fourth-order valence-electron chi connectivity index (χ4n) is 4.31. The summed E-state index contributed by atoms with van der Waals surface area (Å²) in [5.74, 6) is 0.192. The van der Waals surface area contributed by atoms with Gasteiger partial charge in [-0.2, -0.15) is 0 Å². The minimum atomic E-state index is -0.741. The molecule has 0 fully saturated rings. The molecular formula is C26H24N4O5. The molecule has 2 heterocycles. The average Bonchev–Trinajstić information content (AvgIpc) is 3.17. The Bertz CT molecular complexity index is 1330. The summed E-state index contributed by atoms with van der Waals surface area (Å²) in [6.07, 6.45) is 0. The molecule has 2 aliphatic heterocycles. The molecule has 9 nitrogen and oxygen atoms in total. The summed E-state index contributed by atoms with van der Waals surface area (Å²) >= 11 is 0. The molecule has 0 spiro atoms. The summed E-state index contributed by atoms with van der Waals surface area (Å²) in [5, 5.41) is 14.0. The van der Waals surface area contributed by atoms with Gasteiger partial charge >= 0.3 is 0 Å². The van der Waals surface area contributed by atoms with E-state index in [9.17, 15) is 14.9 Å². The van der Waals surface area contributed by atoms with Crippen LogP contribution in [0.3, 0.4) is 0 Å². The van der Waals surface area contributed by atoms with Gasteiger partial charge < -0.3 is 19.7 Å². The summed E-state index contributed by atoms with van der Waals surface area (Å²) in [7, 11) is 4.01. The van der Waals surface area contributed by atoms with Crippen molar-refractivity contribution in [3.8, 4) is 11.5 Å². The molecule has 0 saturated heterocycles. The number of carbonyl (C=O) groups is 1. The van der Waals surface area contributed by atoms with E-state index in [2.05, 4.69) is 10.2 Å². The van der Waals surface area contributed by atoms with Gasteiger partial charge in [0.2, 0.25) is 5.91 Å². The van der Waals surface area contributed by atoms with Crippen molar-refractivity contribution in [2.75, 3.05) is 32.6 Å².